The van der Waals surface area contributed by atoms with E-state index in [9.17, 15) is 0 Å². The fraction of sp³-hybridized carbons (Fsp3) is 0.294. The Morgan fingerprint density at radius 1 is 1.05 bits per heavy atom. The molecule has 0 spiro atoms. The molecule has 0 heterocycles. The minimum Gasteiger partial charge on any atom is -0.324 e. The average molecular weight is 353 g/mol. The molecule has 3 heteroatoms. The third kappa shape index (κ3) is 3.85. The predicted molar refractivity (Wildman–Crippen MR) is 90.3 cm³/mol. The minimum atomic E-state index is -0.0366. The van der Waals surface area contributed by atoms with Gasteiger partial charge in [0.1, 0.15) is 0 Å². The summed E-state index contributed by atoms with van der Waals surface area (Å²) in [5, 5.41) is 0.702. The topological polar surface area (TPSA) is 26.0 Å². The van der Waals surface area contributed by atoms with Crippen molar-refractivity contribution in [3.63, 3.8) is 0 Å². The molecule has 0 fully saturated rings. The SMILES string of the molecule is CC(C)c1ccc(CC(N)c2ccc(Br)c(Cl)c2)cc1. The molecule has 2 N–H and O–H groups in total. The van der Waals surface area contributed by atoms with E-state index >= 15 is 0 Å². The van der Waals surface area contributed by atoms with Crippen LogP contribution >= 0.6 is 27.5 Å². The van der Waals surface area contributed by atoms with Gasteiger partial charge in [0, 0.05) is 10.5 Å². The van der Waals surface area contributed by atoms with E-state index in [4.69, 9.17) is 17.3 Å². The summed E-state index contributed by atoms with van der Waals surface area (Å²) in [6.45, 7) is 4.40. The third-order valence-electron chi connectivity index (χ3n) is 3.47. The van der Waals surface area contributed by atoms with Gasteiger partial charge in [-0.25, -0.2) is 0 Å². The highest BCUT2D eigenvalue weighted by atomic mass is 79.9. The first kappa shape index (κ1) is 15.6. The highest BCUT2D eigenvalue weighted by molar-refractivity contribution is 9.10. The molecule has 0 radical (unpaired) electrons. The van der Waals surface area contributed by atoms with Gasteiger partial charge in [-0.05, 0) is 57.1 Å². The van der Waals surface area contributed by atoms with E-state index in [0.29, 0.717) is 10.9 Å². The lowest BCUT2D eigenvalue weighted by Crippen LogP contribution is -2.13. The molecule has 1 nitrogen and oxygen atoms in total. The highest BCUT2D eigenvalue weighted by Crippen LogP contribution is 2.27. The Balaban J connectivity index is 2.10. The van der Waals surface area contributed by atoms with Crippen molar-refractivity contribution in [3.8, 4) is 0 Å². The summed E-state index contributed by atoms with van der Waals surface area (Å²) in [6, 6.07) is 14.5. The van der Waals surface area contributed by atoms with Crippen LogP contribution in [0.15, 0.2) is 46.9 Å². The Kier molecular flexibility index (Phi) is 5.25. The average Bonchev–Trinajstić information content (AvgIpc) is 2.42. The first-order valence-corrected chi connectivity index (χ1v) is 7.94. The molecule has 0 aromatic heterocycles. The second-order valence-corrected chi connectivity index (χ2v) is 6.64. The van der Waals surface area contributed by atoms with Crippen molar-refractivity contribution in [2.45, 2.75) is 32.2 Å². The monoisotopic (exact) mass is 351 g/mol. The minimum absolute atomic E-state index is 0.0366. The lowest BCUT2D eigenvalue weighted by Gasteiger charge is -2.14. The second kappa shape index (κ2) is 6.75. The molecule has 0 saturated heterocycles. The van der Waals surface area contributed by atoms with Gasteiger partial charge in [0.25, 0.3) is 0 Å². The van der Waals surface area contributed by atoms with Crippen LogP contribution in [0.4, 0.5) is 0 Å². The van der Waals surface area contributed by atoms with Crippen molar-refractivity contribution in [2.75, 3.05) is 0 Å². The molecule has 2 rings (SSSR count). The molecule has 20 heavy (non-hydrogen) atoms. The summed E-state index contributed by atoms with van der Waals surface area (Å²) in [4.78, 5) is 0. The molecule has 2 aromatic carbocycles. The molecule has 0 amide bonds. The lowest BCUT2D eigenvalue weighted by molar-refractivity contribution is 0.721. The zero-order chi connectivity index (χ0) is 14.7. The van der Waals surface area contributed by atoms with E-state index in [2.05, 4.69) is 54.0 Å². The molecule has 0 bridgehead atoms. The third-order valence-corrected chi connectivity index (χ3v) is 4.71. The van der Waals surface area contributed by atoms with Crippen molar-refractivity contribution < 1.29 is 0 Å². The lowest BCUT2D eigenvalue weighted by atomic mass is 9.96. The van der Waals surface area contributed by atoms with E-state index < -0.39 is 0 Å². The summed E-state index contributed by atoms with van der Waals surface area (Å²) in [6.07, 6.45) is 0.816. The Morgan fingerprint density at radius 3 is 2.20 bits per heavy atom. The Hall–Kier alpha value is -0.830. The molecule has 0 aliphatic heterocycles. The number of rotatable bonds is 4. The van der Waals surface area contributed by atoms with Crippen LogP contribution in [0.5, 0.6) is 0 Å². The van der Waals surface area contributed by atoms with Gasteiger partial charge in [-0.1, -0.05) is 55.8 Å². The van der Waals surface area contributed by atoms with Crippen LogP contribution in [0.2, 0.25) is 5.02 Å². The fourth-order valence-electron chi connectivity index (χ4n) is 2.15. The van der Waals surface area contributed by atoms with Crippen molar-refractivity contribution in [1.82, 2.24) is 0 Å². The Morgan fingerprint density at radius 2 is 1.65 bits per heavy atom. The van der Waals surface area contributed by atoms with Crippen molar-refractivity contribution >= 4 is 27.5 Å². The standard InChI is InChI=1S/C17H19BrClN/c1-11(2)13-5-3-12(4-6-13)9-17(20)14-7-8-15(18)16(19)10-14/h3-8,10-11,17H,9,20H2,1-2H3. The largest absolute Gasteiger partial charge is 0.324 e. The molecule has 106 valence electrons. The van der Waals surface area contributed by atoms with Gasteiger partial charge in [0.15, 0.2) is 0 Å². The quantitative estimate of drug-likeness (QED) is 0.776. The molecule has 0 saturated carbocycles. The van der Waals surface area contributed by atoms with E-state index in [-0.39, 0.29) is 6.04 Å². The normalized spacial score (nSPS) is 12.7. The fourth-order valence-corrected chi connectivity index (χ4v) is 2.59. The molecule has 1 unspecified atom stereocenters. The van der Waals surface area contributed by atoms with Gasteiger partial charge in [0.05, 0.1) is 5.02 Å². The van der Waals surface area contributed by atoms with Crippen LogP contribution in [0, 0.1) is 0 Å². The van der Waals surface area contributed by atoms with Gasteiger partial charge in [-0.15, -0.1) is 0 Å². The molecular weight excluding hydrogens is 334 g/mol. The van der Waals surface area contributed by atoms with E-state index in [1.165, 1.54) is 11.1 Å². The zero-order valence-corrected chi connectivity index (χ0v) is 14.1. The zero-order valence-electron chi connectivity index (χ0n) is 11.7. The van der Waals surface area contributed by atoms with Gasteiger partial charge in [-0.2, -0.15) is 0 Å². The maximum Gasteiger partial charge on any atom is 0.0551 e. The van der Waals surface area contributed by atoms with Crippen molar-refractivity contribution in [1.29, 1.82) is 0 Å². The number of benzene rings is 2. The Labute approximate surface area is 134 Å². The van der Waals surface area contributed by atoms with E-state index in [0.717, 1.165) is 16.5 Å². The number of hydrogen-bond acceptors (Lipinski definition) is 1. The van der Waals surface area contributed by atoms with Crippen molar-refractivity contribution in [3.05, 3.63) is 68.7 Å². The smallest absolute Gasteiger partial charge is 0.0551 e. The first-order chi connectivity index (χ1) is 9.47. The van der Waals surface area contributed by atoms with E-state index in [1.807, 2.05) is 18.2 Å². The highest BCUT2D eigenvalue weighted by Gasteiger charge is 2.09. The summed E-state index contributed by atoms with van der Waals surface area (Å²) >= 11 is 9.51. The van der Waals surface area contributed by atoms with Crippen LogP contribution in [-0.2, 0) is 6.42 Å². The molecule has 2 aromatic rings. The summed E-state index contributed by atoms with van der Waals surface area (Å²) in [7, 11) is 0. The Bertz CT molecular complexity index is 578. The molecule has 0 aliphatic rings. The van der Waals surface area contributed by atoms with Crippen LogP contribution < -0.4 is 5.73 Å². The van der Waals surface area contributed by atoms with Gasteiger partial charge in [0.2, 0.25) is 0 Å². The molecular formula is C17H19BrClN. The molecule has 1 atom stereocenters. The second-order valence-electron chi connectivity index (χ2n) is 5.38. The maximum absolute atomic E-state index is 6.27. The van der Waals surface area contributed by atoms with E-state index in [1.54, 1.807) is 0 Å². The summed E-state index contributed by atoms with van der Waals surface area (Å²) in [5.74, 6) is 0.558. The van der Waals surface area contributed by atoms with Gasteiger partial charge < -0.3 is 5.73 Å². The van der Waals surface area contributed by atoms with Crippen LogP contribution in [-0.4, -0.2) is 0 Å². The first-order valence-electron chi connectivity index (χ1n) is 6.76. The number of hydrogen-bond donors (Lipinski definition) is 1. The van der Waals surface area contributed by atoms with Gasteiger partial charge in [-0.3, -0.25) is 0 Å². The van der Waals surface area contributed by atoms with Crippen LogP contribution in [0.25, 0.3) is 0 Å². The predicted octanol–water partition coefficient (Wildman–Crippen LogP) is 5.47. The van der Waals surface area contributed by atoms with Crippen LogP contribution in [0.1, 0.15) is 42.5 Å². The number of nitrogens with two attached hydrogens (primary N) is 1. The van der Waals surface area contributed by atoms with Gasteiger partial charge >= 0.3 is 0 Å². The van der Waals surface area contributed by atoms with Crippen LogP contribution in [0.3, 0.4) is 0 Å². The maximum atomic E-state index is 6.27. The summed E-state index contributed by atoms with van der Waals surface area (Å²) in [5.41, 5.74) is 9.94. The molecule has 0 aliphatic carbocycles. The van der Waals surface area contributed by atoms with Crippen molar-refractivity contribution in [2.24, 2.45) is 5.73 Å². The number of halogens is 2. The summed E-state index contributed by atoms with van der Waals surface area (Å²) < 4.78 is 0.899.